The number of aromatic nitrogens is 5. The van der Waals surface area contributed by atoms with Gasteiger partial charge in [-0.15, -0.1) is 10.2 Å². The van der Waals surface area contributed by atoms with Crippen LogP contribution in [0.15, 0.2) is 10.9 Å². The minimum Gasteiger partial charge on any atom is -0.383 e. The van der Waals surface area contributed by atoms with Crippen molar-refractivity contribution in [1.82, 2.24) is 24.5 Å². The Balaban J connectivity index is 1.62. The van der Waals surface area contributed by atoms with Crippen molar-refractivity contribution in [1.29, 1.82) is 0 Å². The lowest BCUT2D eigenvalue weighted by atomic mass is 9.80. The molecule has 0 aromatic carbocycles. The lowest BCUT2D eigenvalue weighted by molar-refractivity contribution is 0.183. The van der Waals surface area contributed by atoms with E-state index in [1.807, 2.05) is 0 Å². The molecular weight excluding hydrogens is 332 g/mol. The van der Waals surface area contributed by atoms with Gasteiger partial charge in [0.2, 0.25) is 0 Å². The number of hydrogen-bond acceptors (Lipinski definition) is 6. The molecule has 0 amide bonds. The van der Waals surface area contributed by atoms with Crippen molar-refractivity contribution >= 4 is 0 Å². The molecule has 0 saturated heterocycles. The standard InChI is InChI=1S/C18H26N6O2/c1-26-7-6-23-16(20-21-18(23)13-8-14(19)9-13)11-24-17(25)10-12-4-2-3-5-15(12)22-24/h10,13-14H,2-9,11,19H2,1H3. The van der Waals surface area contributed by atoms with E-state index in [4.69, 9.17) is 10.5 Å². The van der Waals surface area contributed by atoms with Crippen LogP contribution >= 0.6 is 0 Å². The van der Waals surface area contributed by atoms with Gasteiger partial charge in [-0.05, 0) is 44.1 Å². The van der Waals surface area contributed by atoms with Crippen LogP contribution in [-0.2, 0) is 30.7 Å². The first-order valence-electron chi connectivity index (χ1n) is 9.42. The molecule has 0 atom stereocenters. The maximum atomic E-state index is 12.5. The molecule has 0 spiro atoms. The molecule has 2 heterocycles. The van der Waals surface area contributed by atoms with Crippen LogP contribution in [0.3, 0.4) is 0 Å². The molecular formula is C18H26N6O2. The van der Waals surface area contributed by atoms with Crippen molar-refractivity contribution in [3.05, 3.63) is 39.3 Å². The molecule has 2 aromatic rings. The maximum absolute atomic E-state index is 12.5. The highest BCUT2D eigenvalue weighted by Gasteiger charge is 2.32. The van der Waals surface area contributed by atoms with Crippen LogP contribution < -0.4 is 11.3 Å². The van der Waals surface area contributed by atoms with E-state index < -0.39 is 0 Å². The van der Waals surface area contributed by atoms with E-state index in [2.05, 4.69) is 19.9 Å². The number of hydrogen-bond donors (Lipinski definition) is 1. The van der Waals surface area contributed by atoms with Gasteiger partial charge in [-0.2, -0.15) is 5.10 Å². The zero-order valence-corrected chi connectivity index (χ0v) is 15.2. The van der Waals surface area contributed by atoms with Crippen molar-refractivity contribution < 1.29 is 4.74 Å². The van der Waals surface area contributed by atoms with Gasteiger partial charge in [-0.25, -0.2) is 4.68 Å². The molecule has 26 heavy (non-hydrogen) atoms. The molecule has 4 rings (SSSR count). The third kappa shape index (κ3) is 3.31. The predicted octanol–water partition coefficient (Wildman–Crippen LogP) is 0.613. The van der Waals surface area contributed by atoms with Crippen LogP contribution in [0, 0.1) is 0 Å². The quantitative estimate of drug-likeness (QED) is 0.812. The second kappa shape index (κ2) is 7.28. The molecule has 1 saturated carbocycles. The van der Waals surface area contributed by atoms with E-state index in [9.17, 15) is 4.79 Å². The predicted molar refractivity (Wildman–Crippen MR) is 96.1 cm³/mol. The molecule has 0 aliphatic heterocycles. The van der Waals surface area contributed by atoms with E-state index in [-0.39, 0.29) is 11.6 Å². The number of rotatable bonds is 6. The van der Waals surface area contributed by atoms with Crippen molar-refractivity contribution in [2.24, 2.45) is 5.73 Å². The Hall–Kier alpha value is -2.06. The lowest BCUT2D eigenvalue weighted by Gasteiger charge is -2.31. The summed E-state index contributed by atoms with van der Waals surface area (Å²) in [6.07, 6.45) is 6.03. The molecule has 2 aliphatic rings. The van der Waals surface area contributed by atoms with Gasteiger partial charge >= 0.3 is 0 Å². The summed E-state index contributed by atoms with van der Waals surface area (Å²) in [5.41, 5.74) is 8.01. The van der Waals surface area contributed by atoms with Crippen LogP contribution in [0.1, 0.15) is 54.5 Å². The van der Waals surface area contributed by atoms with E-state index in [1.54, 1.807) is 13.2 Å². The van der Waals surface area contributed by atoms with E-state index in [1.165, 1.54) is 4.68 Å². The molecule has 0 unspecified atom stereocenters. The summed E-state index contributed by atoms with van der Waals surface area (Å²) in [6.45, 7) is 1.57. The molecule has 2 aliphatic carbocycles. The van der Waals surface area contributed by atoms with Crippen molar-refractivity contribution in [2.45, 2.75) is 63.6 Å². The van der Waals surface area contributed by atoms with Gasteiger partial charge < -0.3 is 15.0 Å². The SMILES string of the molecule is COCCn1c(Cn2nc3c(cc2=O)CCCC3)nnc1C1CC(N)C1. The average Bonchev–Trinajstić information content (AvgIpc) is 3.00. The fourth-order valence-corrected chi connectivity index (χ4v) is 3.92. The second-order valence-corrected chi connectivity index (χ2v) is 7.37. The number of methoxy groups -OCH3 is 1. The summed E-state index contributed by atoms with van der Waals surface area (Å²) in [7, 11) is 1.68. The van der Waals surface area contributed by atoms with Crippen LogP contribution in [0.2, 0.25) is 0 Å². The molecule has 0 bridgehead atoms. The minimum atomic E-state index is -0.0702. The Morgan fingerprint density at radius 1 is 1.27 bits per heavy atom. The highest BCUT2D eigenvalue weighted by molar-refractivity contribution is 5.20. The third-order valence-corrected chi connectivity index (χ3v) is 5.48. The average molecular weight is 358 g/mol. The Bertz CT molecular complexity index is 837. The molecule has 2 N–H and O–H groups in total. The van der Waals surface area contributed by atoms with Gasteiger partial charge in [0, 0.05) is 31.7 Å². The van der Waals surface area contributed by atoms with E-state index in [0.29, 0.717) is 25.6 Å². The van der Waals surface area contributed by atoms with Gasteiger partial charge in [-0.3, -0.25) is 4.79 Å². The first kappa shape index (κ1) is 17.4. The summed E-state index contributed by atoms with van der Waals surface area (Å²) in [6, 6.07) is 1.99. The topological polar surface area (TPSA) is 101 Å². The summed E-state index contributed by atoms with van der Waals surface area (Å²) < 4.78 is 8.84. The Kier molecular flexibility index (Phi) is 4.86. The minimum absolute atomic E-state index is 0.0702. The Morgan fingerprint density at radius 3 is 2.85 bits per heavy atom. The van der Waals surface area contributed by atoms with Gasteiger partial charge in [-0.1, -0.05) is 0 Å². The number of nitrogens with zero attached hydrogens (tertiary/aromatic N) is 5. The zero-order valence-electron chi connectivity index (χ0n) is 15.2. The van der Waals surface area contributed by atoms with E-state index in [0.717, 1.165) is 61.4 Å². The van der Waals surface area contributed by atoms with Crippen molar-refractivity contribution in [3.8, 4) is 0 Å². The van der Waals surface area contributed by atoms with Crippen molar-refractivity contribution in [2.75, 3.05) is 13.7 Å². The number of ether oxygens (including phenoxy) is 1. The molecule has 0 radical (unpaired) electrons. The normalized spacial score (nSPS) is 22.1. The summed E-state index contributed by atoms with van der Waals surface area (Å²) >= 11 is 0. The molecule has 8 heteroatoms. The molecule has 8 nitrogen and oxygen atoms in total. The fourth-order valence-electron chi connectivity index (χ4n) is 3.92. The molecule has 1 fully saturated rings. The maximum Gasteiger partial charge on any atom is 0.267 e. The number of fused-ring (bicyclic) bond motifs is 1. The Labute approximate surface area is 152 Å². The van der Waals surface area contributed by atoms with Crippen LogP contribution in [0.25, 0.3) is 0 Å². The molecule has 140 valence electrons. The highest BCUT2D eigenvalue weighted by atomic mass is 16.5. The summed E-state index contributed by atoms with van der Waals surface area (Å²) in [5, 5.41) is 13.4. The van der Waals surface area contributed by atoms with Gasteiger partial charge in [0.25, 0.3) is 5.56 Å². The van der Waals surface area contributed by atoms with Gasteiger partial charge in [0.1, 0.15) is 12.4 Å². The fraction of sp³-hybridized carbons (Fsp3) is 0.667. The van der Waals surface area contributed by atoms with Crippen LogP contribution in [0.5, 0.6) is 0 Å². The Morgan fingerprint density at radius 2 is 2.08 bits per heavy atom. The van der Waals surface area contributed by atoms with Gasteiger partial charge in [0.15, 0.2) is 5.82 Å². The third-order valence-electron chi connectivity index (χ3n) is 5.48. The zero-order chi connectivity index (χ0) is 18.1. The summed E-state index contributed by atoms with van der Waals surface area (Å²) in [5.74, 6) is 2.05. The largest absolute Gasteiger partial charge is 0.383 e. The molecule has 2 aromatic heterocycles. The van der Waals surface area contributed by atoms with Crippen LogP contribution in [-0.4, -0.2) is 44.3 Å². The smallest absolute Gasteiger partial charge is 0.267 e. The lowest BCUT2D eigenvalue weighted by Crippen LogP contribution is -2.36. The number of nitrogens with two attached hydrogens (primary N) is 1. The monoisotopic (exact) mass is 358 g/mol. The van der Waals surface area contributed by atoms with Crippen molar-refractivity contribution in [3.63, 3.8) is 0 Å². The summed E-state index contributed by atoms with van der Waals surface area (Å²) in [4.78, 5) is 12.5. The van der Waals surface area contributed by atoms with E-state index >= 15 is 0 Å². The van der Waals surface area contributed by atoms with Crippen LogP contribution in [0.4, 0.5) is 0 Å². The first-order valence-corrected chi connectivity index (χ1v) is 9.42. The van der Waals surface area contributed by atoms with Gasteiger partial charge in [0.05, 0.1) is 12.3 Å². The first-order chi connectivity index (χ1) is 12.7. The number of aryl methyl sites for hydroxylation is 2. The highest BCUT2D eigenvalue weighted by Crippen LogP contribution is 2.34. The second-order valence-electron chi connectivity index (χ2n) is 7.37.